The van der Waals surface area contributed by atoms with Gasteiger partial charge in [-0.1, -0.05) is 6.07 Å². The highest BCUT2D eigenvalue weighted by Gasteiger charge is 2.06. The van der Waals surface area contributed by atoms with Gasteiger partial charge in [-0.3, -0.25) is 4.98 Å². The number of ether oxygens (including phenoxy) is 1. The van der Waals surface area contributed by atoms with Crippen LogP contribution >= 0.6 is 0 Å². The van der Waals surface area contributed by atoms with Crippen LogP contribution in [-0.4, -0.2) is 25.6 Å². The molecule has 0 unspecified atom stereocenters. The van der Waals surface area contributed by atoms with Crippen molar-refractivity contribution in [1.82, 2.24) is 25.6 Å². The van der Waals surface area contributed by atoms with Crippen LogP contribution in [0.2, 0.25) is 0 Å². The summed E-state index contributed by atoms with van der Waals surface area (Å²) in [5, 5.41) is 13.8. The van der Waals surface area contributed by atoms with Crippen molar-refractivity contribution < 1.29 is 4.74 Å². The first-order valence-corrected chi connectivity index (χ1v) is 6.54. The molecule has 3 aromatic rings. The number of aromatic amines is 1. The lowest BCUT2D eigenvalue weighted by Gasteiger charge is -2.08. The Bertz CT molecular complexity index is 697. The molecule has 105 valence electrons. The van der Waals surface area contributed by atoms with Gasteiger partial charge in [0.1, 0.15) is 12.4 Å². The highest BCUT2D eigenvalue weighted by Crippen LogP contribution is 2.23. The normalized spacial score (nSPS) is 10.5. The van der Waals surface area contributed by atoms with Crippen molar-refractivity contribution in [3.63, 3.8) is 0 Å². The third-order valence-corrected chi connectivity index (χ3v) is 2.93. The van der Waals surface area contributed by atoms with E-state index in [4.69, 9.17) is 4.74 Å². The number of aryl methyl sites for hydroxylation is 1. The van der Waals surface area contributed by atoms with Gasteiger partial charge in [-0.2, -0.15) is 0 Å². The van der Waals surface area contributed by atoms with Gasteiger partial charge in [-0.05, 0) is 52.7 Å². The highest BCUT2D eigenvalue weighted by atomic mass is 16.5. The molecule has 0 aliphatic heterocycles. The molecule has 2 heterocycles. The van der Waals surface area contributed by atoms with E-state index in [0.29, 0.717) is 12.2 Å². The Morgan fingerprint density at radius 2 is 2.24 bits per heavy atom. The molecule has 0 fully saturated rings. The Morgan fingerprint density at radius 1 is 1.29 bits per heavy atom. The molecule has 0 spiro atoms. The molecule has 1 N–H and O–H groups in total. The SMILES string of the molecule is Cc1cc(O[CH]Cc2cccnc2)cc(-c2nnn[nH]2)c1. The zero-order valence-corrected chi connectivity index (χ0v) is 11.5. The topological polar surface area (TPSA) is 76.6 Å². The van der Waals surface area contributed by atoms with Crippen molar-refractivity contribution in [3.05, 3.63) is 60.5 Å². The van der Waals surface area contributed by atoms with Gasteiger partial charge in [0.2, 0.25) is 0 Å². The minimum Gasteiger partial charge on any atom is -0.486 e. The molecule has 0 aliphatic rings. The van der Waals surface area contributed by atoms with Crippen LogP contribution in [0.25, 0.3) is 11.4 Å². The van der Waals surface area contributed by atoms with Crippen molar-refractivity contribution in [2.75, 3.05) is 0 Å². The number of aromatic nitrogens is 5. The Balaban J connectivity index is 1.68. The molecule has 0 atom stereocenters. The molecule has 1 aromatic carbocycles. The van der Waals surface area contributed by atoms with Crippen LogP contribution in [-0.2, 0) is 6.42 Å². The van der Waals surface area contributed by atoms with E-state index in [-0.39, 0.29) is 0 Å². The van der Waals surface area contributed by atoms with E-state index in [1.165, 1.54) is 0 Å². The molecule has 6 nitrogen and oxygen atoms in total. The van der Waals surface area contributed by atoms with E-state index in [9.17, 15) is 0 Å². The predicted molar refractivity (Wildman–Crippen MR) is 77.2 cm³/mol. The van der Waals surface area contributed by atoms with E-state index in [2.05, 4.69) is 25.6 Å². The number of nitrogens with zero attached hydrogens (tertiary/aromatic N) is 4. The number of nitrogens with one attached hydrogen (secondary N) is 1. The zero-order chi connectivity index (χ0) is 14.5. The fraction of sp³-hybridized carbons (Fsp3) is 0.133. The first-order valence-electron chi connectivity index (χ1n) is 6.54. The number of rotatable bonds is 5. The molecule has 0 aliphatic carbocycles. The van der Waals surface area contributed by atoms with Gasteiger partial charge in [0.25, 0.3) is 0 Å². The van der Waals surface area contributed by atoms with Crippen molar-refractivity contribution in [2.24, 2.45) is 0 Å². The molecule has 1 radical (unpaired) electrons. The van der Waals surface area contributed by atoms with Gasteiger partial charge in [0, 0.05) is 24.4 Å². The fourth-order valence-electron chi connectivity index (χ4n) is 1.99. The molecule has 21 heavy (non-hydrogen) atoms. The standard InChI is InChI=1S/C15H14N5O/c1-11-7-13(15-17-19-20-18-15)9-14(8-11)21-6-4-12-3-2-5-16-10-12/h2-3,5-10H,4H2,1H3,(H,17,18,19,20). The fourth-order valence-corrected chi connectivity index (χ4v) is 1.99. The van der Waals surface area contributed by atoms with Crippen molar-refractivity contribution in [3.8, 4) is 17.1 Å². The van der Waals surface area contributed by atoms with Gasteiger partial charge in [-0.15, -0.1) is 5.10 Å². The van der Waals surface area contributed by atoms with Gasteiger partial charge in [0.15, 0.2) is 5.82 Å². The van der Waals surface area contributed by atoms with Gasteiger partial charge in [0.05, 0.1) is 0 Å². The first kappa shape index (κ1) is 13.2. The number of pyridine rings is 1. The number of hydrogen-bond acceptors (Lipinski definition) is 5. The quantitative estimate of drug-likeness (QED) is 0.776. The highest BCUT2D eigenvalue weighted by molar-refractivity contribution is 5.58. The summed E-state index contributed by atoms with van der Waals surface area (Å²) < 4.78 is 5.69. The molecule has 0 bridgehead atoms. The third-order valence-electron chi connectivity index (χ3n) is 2.93. The van der Waals surface area contributed by atoms with E-state index in [1.807, 2.05) is 43.5 Å². The van der Waals surface area contributed by atoms with E-state index in [0.717, 1.165) is 22.4 Å². The summed E-state index contributed by atoms with van der Waals surface area (Å²) in [5.41, 5.74) is 3.07. The molecule has 0 saturated carbocycles. The Labute approximate surface area is 122 Å². The summed E-state index contributed by atoms with van der Waals surface area (Å²) in [7, 11) is 0. The number of hydrogen-bond donors (Lipinski definition) is 1. The maximum absolute atomic E-state index is 5.69. The summed E-state index contributed by atoms with van der Waals surface area (Å²) in [4.78, 5) is 4.07. The molecule has 3 rings (SSSR count). The molecule has 2 aromatic heterocycles. The molecule has 0 saturated heterocycles. The average Bonchev–Trinajstić information content (AvgIpc) is 3.02. The predicted octanol–water partition coefficient (Wildman–Crippen LogP) is 2.35. The van der Waals surface area contributed by atoms with Crippen molar-refractivity contribution in [1.29, 1.82) is 0 Å². The monoisotopic (exact) mass is 280 g/mol. The van der Waals surface area contributed by atoms with Gasteiger partial charge >= 0.3 is 0 Å². The van der Waals surface area contributed by atoms with Crippen LogP contribution in [0, 0.1) is 13.5 Å². The second-order valence-electron chi connectivity index (χ2n) is 4.63. The largest absolute Gasteiger partial charge is 0.486 e. The Hall–Kier alpha value is -2.76. The van der Waals surface area contributed by atoms with Crippen molar-refractivity contribution in [2.45, 2.75) is 13.3 Å². The third kappa shape index (κ3) is 3.42. The maximum Gasteiger partial charge on any atom is 0.179 e. The lowest BCUT2D eigenvalue weighted by atomic mass is 10.1. The first-order chi connectivity index (χ1) is 10.3. The molecular formula is C15H14N5O. The minimum absolute atomic E-state index is 0.621. The lowest BCUT2D eigenvalue weighted by Crippen LogP contribution is -1.96. The van der Waals surface area contributed by atoms with Gasteiger partial charge in [-0.25, -0.2) is 5.10 Å². The summed E-state index contributed by atoms with van der Waals surface area (Å²) >= 11 is 0. The smallest absolute Gasteiger partial charge is 0.179 e. The summed E-state index contributed by atoms with van der Waals surface area (Å²) in [6.45, 7) is 3.76. The lowest BCUT2D eigenvalue weighted by molar-refractivity contribution is 0.401. The van der Waals surface area contributed by atoms with E-state index >= 15 is 0 Å². The van der Waals surface area contributed by atoms with Crippen LogP contribution in [0.1, 0.15) is 11.1 Å². The number of H-pyrrole nitrogens is 1. The van der Waals surface area contributed by atoms with Gasteiger partial charge < -0.3 is 4.74 Å². The van der Waals surface area contributed by atoms with Crippen LogP contribution in [0.3, 0.4) is 0 Å². The van der Waals surface area contributed by atoms with E-state index < -0.39 is 0 Å². The number of tetrazole rings is 1. The minimum atomic E-state index is 0.621. The van der Waals surface area contributed by atoms with Crippen molar-refractivity contribution >= 4 is 0 Å². The second kappa shape index (κ2) is 6.13. The van der Waals surface area contributed by atoms with E-state index in [1.54, 1.807) is 12.8 Å². The zero-order valence-electron chi connectivity index (χ0n) is 11.5. The van der Waals surface area contributed by atoms with Crippen LogP contribution in [0.4, 0.5) is 0 Å². The number of benzene rings is 1. The maximum atomic E-state index is 5.69. The summed E-state index contributed by atoms with van der Waals surface area (Å²) in [6, 6.07) is 9.78. The Morgan fingerprint density at radius 3 is 3.00 bits per heavy atom. The molecule has 6 heteroatoms. The van der Waals surface area contributed by atoms with Crippen LogP contribution < -0.4 is 4.74 Å². The molecule has 0 amide bonds. The molecular weight excluding hydrogens is 266 g/mol. The summed E-state index contributed by atoms with van der Waals surface area (Å²) in [5.74, 6) is 1.38. The Kier molecular flexibility index (Phi) is 3.86. The second-order valence-corrected chi connectivity index (χ2v) is 4.63. The average molecular weight is 280 g/mol. The van der Waals surface area contributed by atoms with Crippen LogP contribution in [0.15, 0.2) is 42.7 Å². The summed E-state index contributed by atoms with van der Waals surface area (Å²) in [6.07, 6.45) is 4.27. The van der Waals surface area contributed by atoms with Crippen LogP contribution in [0.5, 0.6) is 5.75 Å².